The van der Waals surface area contributed by atoms with Crippen LogP contribution in [0.25, 0.3) is 0 Å². The maximum atomic E-state index is 6.05. The molecule has 3 aliphatic heterocycles. The number of nitrogens with zero attached hydrogens (tertiary/aromatic N) is 2. The van der Waals surface area contributed by atoms with Crippen molar-refractivity contribution in [1.82, 2.24) is 9.80 Å². The van der Waals surface area contributed by atoms with Gasteiger partial charge < -0.3 is 4.90 Å². The van der Waals surface area contributed by atoms with Crippen LogP contribution in [0, 0.1) is 5.92 Å². The summed E-state index contributed by atoms with van der Waals surface area (Å²) in [4.78, 5) is 6.44. The largest absolute Gasteiger partial charge is 0.346 e. The van der Waals surface area contributed by atoms with Crippen molar-refractivity contribution in [3.8, 4) is 0 Å². The van der Waals surface area contributed by atoms with Gasteiger partial charge in [-0.05, 0) is 41.5 Å². The molecule has 3 heteroatoms. The van der Waals surface area contributed by atoms with E-state index >= 15 is 0 Å². The van der Waals surface area contributed by atoms with E-state index in [1.807, 2.05) is 0 Å². The summed E-state index contributed by atoms with van der Waals surface area (Å²) in [5, 5.41) is 0. The van der Waals surface area contributed by atoms with E-state index in [0.29, 0.717) is 18.1 Å². The quantitative estimate of drug-likeness (QED) is 0.700. The van der Waals surface area contributed by atoms with Crippen molar-refractivity contribution in [2.45, 2.75) is 38.4 Å². The van der Waals surface area contributed by atoms with E-state index in [1.54, 1.807) is 0 Å². The molecule has 2 aromatic rings. The first-order chi connectivity index (χ1) is 12.3. The highest BCUT2D eigenvalue weighted by atomic mass is 32.1. The van der Waals surface area contributed by atoms with E-state index in [2.05, 4.69) is 65.3 Å². The van der Waals surface area contributed by atoms with Gasteiger partial charge in [-0.1, -0.05) is 67.7 Å². The fraction of sp³-hybridized carbons (Fsp3) is 0.409. The Labute approximate surface area is 155 Å². The molecular weight excluding hydrogens is 324 g/mol. The lowest BCUT2D eigenvalue weighted by Crippen LogP contribution is -2.59. The van der Waals surface area contributed by atoms with E-state index in [1.165, 1.54) is 27.2 Å². The summed E-state index contributed by atoms with van der Waals surface area (Å²) in [6.07, 6.45) is 3.68. The molecule has 0 radical (unpaired) electrons. The van der Waals surface area contributed by atoms with Crippen molar-refractivity contribution in [2.24, 2.45) is 5.92 Å². The second-order valence-electron chi connectivity index (χ2n) is 7.50. The minimum absolute atomic E-state index is 0.318. The molecule has 3 heterocycles. The van der Waals surface area contributed by atoms with Crippen molar-refractivity contribution >= 4 is 17.2 Å². The Kier molecular flexibility index (Phi) is 3.68. The van der Waals surface area contributed by atoms with Gasteiger partial charge in [0.1, 0.15) is 6.17 Å². The average molecular weight is 349 g/mol. The van der Waals surface area contributed by atoms with Gasteiger partial charge in [-0.2, -0.15) is 0 Å². The maximum absolute atomic E-state index is 6.05. The predicted molar refractivity (Wildman–Crippen MR) is 106 cm³/mol. The van der Waals surface area contributed by atoms with Gasteiger partial charge >= 0.3 is 0 Å². The number of hydrogen-bond acceptors (Lipinski definition) is 2. The van der Waals surface area contributed by atoms with Gasteiger partial charge in [0.25, 0.3) is 0 Å². The van der Waals surface area contributed by atoms with Crippen molar-refractivity contribution in [2.75, 3.05) is 13.1 Å². The molecular formula is C22H24N2S. The number of hydrogen-bond donors (Lipinski definition) is 0. The summed E-state index contributed by atoms with van der Waals surface area (Å²) in [7, 11) is 0. The van der Waals surface area contributed by atoms with Crippen LogP contribution >= 0.6 is 12.2 Å². The number of thiocarbonyl (C=S) groups is 1. The Hall–Kier alpha value is -1.71. The van der Waals surface area contributed by atoms with Gasteiger partial charge in [-0.15, -0.1) is 0 Å². The molecule has 0 N–H and O–H groups in total. The van der Waals surface area contributed by atoms with Crippen LogP contribution in [0.4, 0.5) is 0 Å². The van der Waals surface area contributed by atoms with Crippen molar-refractivity contribution in [1.29, 1.82) is 0 Å². The Morgan fingerprint density at radius 3 is 2.32 bits per heavy atom. The van der Waals surface area contributed by atoms with Crippen LogP contribution in [0.15, 0.2) is 48.5 Å². The van der Waals surface area contributed by atoms with Crippen molar-refractivity contribution < 1.29 is 0 Å². The number of fused-ring (bicyclic) bond motifs is 7. The zero-order valence-electron chi connectivity index (χ0n) is 14.7. The van der Waals surface area contributed by atoms with E-state index in [0.717, 1.165) is 32.4 Å². The van der Waals surface area contributed by atoms with Crippen LogP contribution in [0.1, 0.15) is 47.8 Å². The minimum atomic E-state index is 0.318. The predicted octanol–water partition coefficient (Wildman–Crippen LogP) is 4.51. The summed E-state index contributed by atoms with van der Waals surface area (Å²) < 4.78 is 0. The maximum Gasteiger partial charge on any atom is 0.109 e. The molecule has 2 nitrogen and oxygen atoms in total. The molecule has 0 aromatic heterocycles. The third-order valence-electron chi connectivity index (χ3n) is 6.36. The van der Waals surface area contributed by atoms with Gasteiger partial charge in [0, 0.05) is 25.0 Å². The smallest absolute Gasteiger partial charge is 0.109 e. The first-order valence-corrected chi connectivity index (χ1v) is 9.92. The second kappa shape index (κ2) is 5.93. The second-order valence-corrected chi connectivity index (χ2v) is 7.92. The number of benzene rings is 2. The summed E-state index contributed by atoms with van der Waals surface area (Å²) in [5.41, 5.74) is 5.99. The van der Waals surface area contributed by atoms with E-state index in [4.69, 9.17) is 12.2 Å². The molecule has 0 unspecified atom stereocenters. The van der Waals surface area contributed by atoms with Crippen LogP contribution in [0.3, 0.4) is 0 Å². The highest BCUT2D eigenvalue weighted by molar-refractivity contribution is 7.80. The van der Waals surface area contributed by atoms with Gasteiger partial charge in [0.05, 0.1) is 4.99 Å². The summed E-state index contributed by atoms with van der Waals surface area (Å²) in [5.74, 6) is 0.443. The Bertz CT molecular complexity index is 830. The molecule has 3 aliphatic rings. The summed E-state index contributed by atoms with van der Waals surface area (Å²) in [6, 6.07) is 18.4. The van der Waals surface area contributed by atoms with E-state index in [-0.39, 0.29) is 0 Å². The van der Waals surface area contributed by atoms with Gasteiger partial charge in [0.2, 0.25) is 0 Å². The fourth-order valence-corrected chi connectivity index (χ4v) is 5.71. The molecule has 5 rings (SSSR count). The molecule has 0 spiro atoms. The summed E-state index contributed by atoms with van der Waals surface area (Å²) >= 11 is 6.05. The Balaban J connectivity index is 1.67. The fourth-order valence-electron chi connectivity index (χ4n) is 5.22. The normalized spacial score (nSPS) is 28.0. The lowest BCUT2D eigenvalue weighted by atomic mass is 9.78. The average Bonchev–Trinajstić information content (AvgIpc) is 2.67. The first-order valence-electron chi connectivity index (χ1n) is 9.51. The van der Waals surface area contributed by atoms with Crippen LogP contribution in [-0.4, -0.2) is 27.9 Å². The van der Waals surface area contributed by atoms with E-state index < -0.39 is 0 Å². The van der Waals surface area contributed by atoms with Crippen molar-refractivity contribution in [3.05, 3.63) is 70.8 Å². The van der Waals surface area contributed by atoms with E-state index in [9.17, 15) is 0 Å². The molecule has 1 saturated heterocycles. The molecule has 0 bridgehead atoms. The lowest BCUT2D eigenvalue weighted by Gasteiger charge is -2.57. The molecule has 2 aromatic carbocycles. The molecule has 25 heavy (non-hydrogen) atoms. The van der Waals surface area contributed by atoms with Crippen LogP contribution in [0.5, 0.6) is 0 Å². The molecule has 0 aliphatic carbocycles. The zero-order chi connectivity index (χ0) is 17.0. The highest BCUT2D eigenvalue weighted by Gasteiger charge is 2.48. The SMILES string of the molecule is CC[C@@H]1C(=S)N2CCc3ccccc3[C@H]2N2CCc3ccccc3[C@@H]12. The molecule has 3 atom stereocenters. The highest BCUT2D eigenvalue weighted by Crippen LogP contribution is 2.49. The summed E-state index contributed by atoms with van der Waals surface area (Å²) in [6.45, 7) is 4.47. The zero-order valence-corrected chi connectivity index (χ0v) is 15.5. The minimum Gasteiger partial charge on any atom is -0.346 e. The van der Waals surface area contributed by atoms with Crippen molar-refractivity contribution in [3.63, 3.8) is 0 Å². The topological polar surface area (TPSA) is 6.48 Å². The molecule has 0 saturated carbocycles. The Morgan fingerprint density at radius 1 is 0.920 bits per heavy atom. The van der Waals surface area contributed by atoms with Crippen LogP contribution < -0.4 is 0 Å². The van der Waals surface area contributed by atoms with Crippen LogP contribution in [0.2, 0.25) is 0 Å². The molecule has 128 valence electrons. The van der Waals surface area contributed by atoms with Gasteiger partial charge in [0.15, 0.2) is 0 Å². The number of rotatable bonds is 1. The first kappa shape index (κ1) is 15.5. The molecule has 1 fully saturated rings. The standard InChI is InChI=1S/C22H24N2S/c1-2-17-20-18-9-5-3-7-15(18)11-13-23(20)21-19-10-6-4-8-16(19)12-14-24(21)22(17)25/h3-10,17,20-21H,2,11-14H2,1H3/t17-,20+,21-/m0/s1. The monoisotopic (exact) mass is 348 g/mol. The third-order valence-corrected chi connectivity index (χ3v) is 6.89. The van der Waals surface area contributed by atoms with Crippen LogP contribution in [-0.2, 0) is 12.8 Å². The van der Waals surface area contributed by atoms with Gasteiger partial charge in [-0.3, -0.25) is 4.90 Å². The van der Waals surface area contributed by atoms with Gasteiger partial charge in [-0.25, -0.2) is 0 Å². The lowest BCUT2D eigenvalue weighted by molar-refractivity contribution is -0.00873. The molecule has 0 amide bonds. The Morgan fingerprint density at radius 2 is 1.56 bits per heavy atom. The third kappa shape index (κ3) is 2.22.